The van der Waals surface area contributed by atoms with Crippen molar-refractivity contribution in [1.29, 1.82) is 0 Å². The molecule has 4 bridgehead atoms. The molecule has 5 heteroatoms. The Balaban J connectivity index is 1.24. The molecule has 1 heterocycles. The predicted octanol–water partition coefficient (Wildman–Crippen LogP) is 2.55. The van der Waals surface area contributed by atoms with E-state index in [1.54, 1.807) is 0 Å². The number of nitrogens with one attached hydrogen (secondary N) is 2. The second kappa shape index (κ2) is 7.67. The molecule has 4 saturated carbocycles. The van der Waals surface area contributed by atoms with E-state index in [-0.39, 0.29) is 12.0 Å². The first kappa shape index (κ1) is 18.5. The third-order valence-corrected chi connectivity index (χ3v) is 7.79. The number of ether oxygens (including phenoxy) is 1. The minimum Gasteiger partial charge on any atom is -0.396 e. The number of hydrogen-bond acceptors (Lipinski definition) is 3. The molecular formula is C21H37N3O2. The minimum atomic E-state index is 0.0618. The van der Waals surface area contributed by atoms with E-state index in [1.807, 2.05) is 7.05 Å². The summed E-state index contributed by atoms with van der Waals surface area (Å²) in [5.74, 6) is 3.98. The van der Waals surface area contributed by atoms with Crippen LogP contribution < -0.4 is 10.6 Å². The van der Waals surface area contributed by atoms with Gasteiger partial charge in [-0.2, -0.15) is 0 Å². The van der Waals surface area contributed by atoms with Crippen LogP contribution in [0.1, 0.15) is 57.8 Å². The number of aliphatic hydroxyl groups excluding tert-OH is 1. The summed E-state index contributed by atoms with van der Waals surface area (Å²) in [5, 5.41) is 16.4. The summed E-state index contributed by atoms with van der Waals surface area (Å²) in [5.41, 5.74) is 0.685. The predicted molar refractivity (Wildman–Crippen MR) is 104 cm³/mol. The molecule has 5 fully saturated rings. The Bertz CT molecular complexity index is 478. The maximum absolute atomic E-state index is 9.38. The second-order valence-electron chi connectivity index (χ2n) is 9.80. The quantitative estimate of drug-likeness (QED) is 0.480. The standard InChI is InChI=1S/C21H37N3O2/c1-22-19(24-14-20(3-6-25)4-7-26-15-20)23-5-2-21-11-16-8-17(12-21)10-18(9-16)13-21/h16-18,25H,2-15H2,1H3,(H2,22,23,24). The number of hydrogen-bond donors (Lipinski definition) is 3. The van der Waals surface area contributed by atoms with Gasteiger partial charge >= 0.3 is 0 Å². The minimum absolute atomic E-state index is 0.0618. The molecule has 148 valence electrons. The van der Waals surface area contributed by atoms with Crippen molar-refractivity contribution in [2.75, 3.05) is 40.0 Å². The molecule has 5 aliphatic rings. The summed E-state index contributed by atoms with van der Waals surface area (Å²) < 4.78 is 5.59. The second-order valence-corrected chi connectivity index (χ2v) is 9.80. The molecule has 0 aromatic carbocycles. The van der Waals surface area contributed by atoms with Crippen LogP contribution in [-0.2, 0) is 4.74 Å². The highest BCUT2D eigenvalue weighted by atomic mass is 16.5. The molecule has 5 nitrogen and oxygen atoms in total. The lowest BCUT2D eigenvalue weighted by Gasteiger charge is -2.57. The summed E-state index contributed by atoms with van der Waals surface area (Å²) in [4.78, 5) is 4.42. The van der Waals surface area contributed by atoms with Gasteiger partial charge in [0.25, 0.3) is 0 Å². The molecule has 1 unspecified atom stereocenters. The average Bonchev–Trinajstić information content (AvgIpc) is 3.06. The molecule has 1 aliphatic heterocycles. The Morgan fingerprint density at radius 2 is 1.77 bits per heavy atom. The summed E-state index contributed by atoms with van der Waals surface area (Å²) in [6, 6.07) is 0. The monoisotopic (exact) mass is 363 g/mol. The molecule has 5 rings (SSSR count). The smallest absolute Gasteiger partial charge is 0.190 e. The molecule has 0 radical (unpaired) electrons. The van der Waals surface area contributed by atoms with Crippen LogP contribution in [-0.4, -0.2) is 51.0 Å². The Morgan fingerprint density at radius 1 is 1.08 bits per heavy atom. The van der Waals surface area contributed by atoms with Gasteiger partial charge in [0.15, 0.2) is 5.96 Å². The fourth-order valence-electron chi connectivity index (χ4n) is 6.85. The molecule has 0 aromatic rings. The topological polar surface area (TPSA) is 65.9 Å². The van der Waals surface area contributed by atoms with E-state index in [0.29, 0.717) is 5.41 Å². The third kappa shape index (κ3) is 3.89. The van der Waals surface area contributed by atoms with Gasteiger partial charge in [0.1, 0.15) is 0 Å². The van der Waals surface area contributed by atoms with Gasteiger partial charge in [-0.3, -0.25) is 4.99 Å². The molecule has 0 spiro atoms. The fraction of sp³-hybridized carbons (Fsp3) is 0.952. The lowest BCUT2D eigenvalue weighted by atomic mass is 9.49. The van der Waals surface area contributed by atoms with Crippen LogP contribution in [0.5, 0.6) is 0 Å². The van der Waals surface area contributed by atoms with E-state index >= 15 is 0 Å². The van der Waals surface area contributed by atoms with Crippen LogP contribution in [0.25, 0.3) is 0 Å². The van der Waals surface area contributed by atoms with E-state index in [9.17, 15) is 5.11 Å². The maximum Gasteiger partial charge on any atom is 0.190 e. The highest BCUT2D eigenvalue weighted by molar-refractivity contribution is 5.79. The van der Waals surface area contributed by atoms with Crippen molar-refractivity contribution >= 4 is 5.96 Å². The van der Waals surface area contributed by atoms with Crippen LogP contribution in [0.15, 0.2) is 4.99 Å². The first-order valence-electron chi connectivity index (χ1n) is 10.8. The fourth-order valence-corrected chi connectivity index (χ4v) is 6.85. The van der Waals surface area contributed by atoms with Gasteiger partial charge < -0.3 is 20.5 Å². The van der Waals surface area contributed by atoms with E-state index in [1.165, 1.54) is 44.9 Å². The molecule has 0 amide bonds. The zero-order chi connectivity index (χ0) is 18.0. The lowest BCUT2D eigenvalue weighted by molar-refractivity contribution is -0.0562. The van der Waals surface area contributed by atoms with Crippen molar-refractivity contribution in [1.82, 2.24) is 10.6 Å². The zero-order valence-electron chi connectivity index (χ0n) is 16.4. The molecule has 1 atom stereocenters. The van der Waals surface area contributed by atoms with Crippen molar-refractivity contribution in [3.63, 3.8) is 0 Å². The van der Waals surface area contributed by atoms with E-state index < -0.39 is 0 Å². The summed E-state index contributed by atoms with van der Waals surface area (Å²) in [7, 11) is 1.85. The zero-order valence-corrected chi connectivity index (χ0v) is 16.4. The van der Waals surface area contributed by atoms with Gasteiger partial charge in [-0.25, -0.2) is 0 Å². The Hall–Kier alpha value is -0.810. The molecule has 4 aliphatic carbocycles. The first-order chi connectivity index (χ1) is 12.6. The number of rotatable bonds is 7. The summed E-state index contributed by atoms with van der Waals surface area (Å²) in [6.07, 6.45) is 12.1. The van der Waals surface area contributed by atoms with Crippen molar-refractivity contribution in [3.05, 3.63) is 0 Å². The van der Waals surface area contributed by atoms with Crippen molar-refractivity contribution in [3.8, 4) is 0 Å². The number of guanidine groups is 1. The van der Waals surface area contributed by atoms with E-state index in [0.717, 1.165) is 62.9 Å². The Labute approximate surface area is 158 Å². The van der Waals surface area contributed by atoms with Crippen molar-refractivity contribution < 1.29 is 9.84 Å². The van der Waals surface area contributed by atoms with Crippen molar-refractivity contribution in [2.45, 2.75) is 57.8 Å². The maximum atomic E-state index is 9.38. The van der Waals surface area contributed by atoms with Gasteiger partial charge in [-0.05, 0) is 81.0 Å². The van der Waals surface area contributed by atoms with E-state index in [2.05, 4.69) is 15.6 Å². The largest absolute Gasteiger partial charge is 0.396 e. The summed E-state index contributed by atoms with van der Waals surface area (Å²) in [6.45, 7) is 3.62. The number of nitrogens with zero attached hydrogens (tertiary/aromatic N) is 1. The van der Waals surface area contributed by atoms with Gasteiger partial charge in [0.05, 0.1) is 6.61 Å². The third-order valence-electron chi connectivity index (χ3n) is 7.79. The SMILES string of the molecule is CN=C(NCCC12CC3CC(CC(C3)C1)C2)NCC1(CCO)CCOC1. The van der Waals surface area contributed by atoms with Gasteiger partial charge in [-0.1, -0.05) is 0 Å². The highest BCUT2D eigenvalue weighted by Crippen LogP contribution is 2.61. The van der Waals surface area contributed by atoms with Gasteiger partial charge in [-0.15, -0.1) is 0 Å². The van der Waals surface area contributed by atoms with Crippen molar-refractivity contribution in [2.24, 2.45) is 33.6 Å². The van der Waals surface area contributed by atoms with Crippen LogP contribution in [0.4, 0.5) is 0 Å². The van der Waals surface area contributed by atoms with Crippen LogP contribution in [0.3, 0.4) is 0 Å². The van der Waals surface area contributed by atoms with Gasteiger partial charge in [0.2, 0.25) is 0 Å². The normalized spacial score (nSPS) is 41.6. The Morgan fingerprint density at radius 3 is 2.31 bits per heavy atom. The van der Waals surface area contributed by atoms with E-state index in [4.69, 9.17) is 4.74 Å². The summed E-state index contributed by atoms with van der Waals surface area (Å²) >= 11 is 0. The first-order valence-corrected chi connectivity index (χ1v) is 10.8. The highest BCUT2D eigenvalue weighted by Gasteiger charge is 2.50. The molecule has 3 N–H and O–H groups in total. The van der Waals surface area contributed by atoms with Gasteiger partial charge in [0, 0.05) is 38.8 Å². The molecule has 0 aromatic heterocycles. The average molecular weight is 364 g/mol. The van der Waals surface area contributed by atoms with Crippen LogP contribution >= 0.6 is 0 Å². The van der Waals surface area contributed by atoms with Crippen LogP contribution in [0.2, 0.25) is 0 Å². The lowest BCUT2D eigenvalue weighted by Crippen LogP contribution is -2.48. The number of aliphatic imine (C=N–C) groups is 1. The Kier molecular flexibility index (Phi) is 5.47. The molecular weight excluding hydrogens is 326 g/mol. The molecule has 1 saturated heterocycles. The number of aliphatic hydroxyl groups is 1. The van der Waals surface area contributed by atoms with Crippen LogP contribution in [0, 0.1) is 28.6 Å². The molecule has 26 heavy (non-hydrogen) atoms.